The van der Waals surface area contributed by atoms with Gasteiger partial charge in [-0.1, -0.05) is 20.8 Å². The van der Waals surface area contributed by atoms with Gasteiger partial charge in [-0.3, -0.25) is 9.69 Å². The zero-order valence-corrected chi connectivity index (χ0v) is 14.3. The molecule has 0 aromatic heterocycles. The Balaban J connectivity index is 2.08. The van der Waals surface area contributed by atoms with E-state index in [1.54, 1.807) is 11.8 Å². The molecule has 1 N–H and O–H groups in total. The van der Waals surface area contributed by atoms with Crippen LogP contribution in [0.15, 0.2) is 0 Å². The topological polar surface area (TPSA) is 88.6 Å². The number of morpholine rings is 1. The molecule has 1 amide bonds. The van der Waals surface area contributed by atoms with Gasteiger partial charge >= 0.3 is 5.97 Å². The number of esters is 1. The fraction of sp³-hybridized carbons (Fsp3) is 0.875. The predicted octanol–water partition coefficient (Wildman–Crippen LogP) is 0.443. The minimum absolute atomic E-state index is 0.0289. The van der Waals surface area contributed by atoms with Crippen molar-refractivity contribution in [3.05, 3.63) is 0 Å². The molecule has 0 saturated carbocycles. The largest absolute Gasteiger partial charge is 0.467 e. The highest BCUT2D eigenvalue weighted by Gasteiger charge is 2.92. The summed E-state index contributed by atoms with van der Waals surface area (Å²) >= 11 is 0. The summed E-state index contributed by atoms with van der Waals surface area (Å²) in [6.45, 7) is 7.70. The molecule has 0 bridgehead atoms. The summed E-state index contributed by atoms with van der Waals surface area (Å²) in [6, 6.07) is 0. The first-order valence-corrected chi connectivity index (χ1v) is 7.97. The van der Waals surface area contributed by atoms with Crippen LogP contribution in [0.4, 0.5) is 0 Å². The van der Waals surface area contributed by atoms with Gasteiger partial charge in [-0.25, -0.2) is 4.79 Å². The van der Waals surface area contributed by atoms with Crippen LogP contribution in [0.5, 0.6) is 0 Å². The summed E-state index contributed by atoms with van der Waals surface area (Å²) in [5, 5.41) is 9.14. The number of fused-ring (bicyclic) bond motifs is 3. The second kappa shape index (κ2) is 4.68. The molecule has 23 heavy (non-hydrogen) atoms. The molecule has 0 aromatic rings. The molecule has 3 rings (SSSR count). The van der Waals surface area contributed by atoms with E-state index in [2.05, 4.69) is 0 Å². The first-order chi connectivity index (χ1) is 10.6. The van der Waals surface area contributed by atoms with Gasteiger partial charge in [-0.2, -0.15) is 0 Å². The summed E-state index contributed by atoms with van der Waals surface area (Å²) < 4.78 is 16.7. The molecule has 0 spiro atoms. The standard InChI is InChI=1S/C16H25NO6/c1-13(2,3)11-17-10(19)16(7-6-8-18)14(4,23-16)15(17,9-22-11)12(20)21-5/h11,18H,6-9H2,1-5H3/t11-,14-,15+,16+/m0/s1. The molecular formula is C16H25NO6. The van der Waals surface area contributed by atoms with Gasteiger partial charge in [0.05, 0.1) is 13.7 Å². The van der Waals surface area contributed by atoms with Gasteiger partial charge in [0, 0.05) is 12.0 Å². The lowest BCUT2D eigenvalue weighted by Crippen LogP contribution is -2.62. The van der Waals surface area contributed by atoms with Crippen LogP contribution >= 0.6 is 0 Å². The van der Waals surface area contributed by atoms with E-state index in [4.69, 9.17) is 19.3 Å². The van der Waals surface area contributed by atoms with Crippen molar-refractivity contribution in [2.24, 2.45) is 5.41 Å². The summed E-state index contributed by atoms with van der Waals surface area (Å²) in [5.41, 5.74) is -3.65. The van der Waals surface area contributed by atoms with E-state index in [0.717, 1.165) is 0 Å². The Kier molecular flexibility index (Phi) is 3.39. The number of hydrogen-bond donors (Lipinski definition) is 1. The molecule has 3 saturated heterocycles. The fourth-order valence-electron chi connectivity index (χ4n) is 4.26. The Morgan fingerprint density at radius 3 is 2.65 bits per heavy atom. The number of aliphatic hydroxyl groups excluding tert-OH is 1. The second-order valence-electron chi connectivity index (χ2n) is 7.85. The van der Waals surface area contributed by atoms with Gasteiger partial charge in [0.25, 0.3) is 5.91 Å². The molecule has 3 fully saturated rings. The summed E-state index contributed by atoms with van der Waals surface area (Å²) in [5.74, 6) is -0.750. The van der Waals surface area contributed by atoms with Gasteiger partial charge < -0.3 is 19.3 Å². The van der Waals surface area contributed by atoms with Crippen molar-refractivity contribution < 1.29 is 28.9 Å². The highest BCUT2D eigenvalue weighted by molar-refractivity contribution is 6.04. The van der Waals surface area contributed by atoms with Crippen LogP contribution in [0.2, 0.25) is 0 Å². The number of epoxide rings is 1. The van der Waals surface area contributed by atoms with Crippen LogP contribution in [0, 0.1) is 5.41 Å². The number of amides is 1. The molecule has 0 aliphatic carbocycles. The molecule has 3 aliphatic rings. The minimum atomic E-state index is -1.26. The first-order valence-electron chi connectivity index (χ1n) is 7.97. The molecule has 130 valence electrons. The number of carbonyl (C=O) groups excluding carboxylic acids is 2. The molecule has 0 aromatic carbocycles. The number of aliphatic hydroxyl groups is 1. The van der Waals surface area contributed by atoms with Gasteiger partial charge in [0.15, 0.2) is 11.1 Å². The van der Waals surface area contributed by atoms with Crippen LogP contribution in [-0.2, 0) is 23.8 Å². The average Bonchev–Trinajstić information content (AvgIpc) is 2.85. The predicted molar refractivity (Wildman–Crippen MR) is 79.3 cm³/mol. The maximum Gasteiger partial charge on any atom is 0.337 e. The molecule has 4 atom stereocenters. The number of ether oxygens (including phenoxy) is 3. The maximum atomic E-state index is 13.2. The minimum Gasteiger partial charge on any atom is -0.467 e. The van der Waals surface area contributed by atoms with E-state index in [0.29, 0.717) is 12.8 Å². The molecule has 3 aliphatic heterocycles. The Morgan fingerprint density at radius 2 is 2.13 bits per heavy atom. The summed E-state index contributed by atoms with van der Waals surface area (Å²) in [6.07, 6.45) is 0.298. The normalized spacial score (nSPS) is 41.7. The zero-order chi connectivity index (χ0) is 17.3. The highest BCUT2D eigenvalue weighted by atomic mass is 16.7. The van der Waals surface area contributed by atoms with Gasteiger partial charge in [-0.15, -0.1) is 0 Å². The third-order valence-electron chi connectivity index (χ3n) is 5.51. The van der Waals surface area contributed by atoms with Crippen molar-refractivity contribution in [1.29, 1.82) is 0 Å². The maximum absolute atomic E-state index is 13.2. The van der Waals surface area contributed by atoms with Crippen molar-refractivity contribution in [2.75, 3.05) is 20.3 Å². The van der Waals surface area contributed by atoms with Gasteiger partial charge in [0.2, 0.25) is 0 Å². The average molecular weight is 327 g/mol. The lowest BCUT2D eigenvalue weighted by Gasteiger charge is -2.39. The van der Waals surface area contributed by atoms with Crippen LogP contribution in [0.1, 0.15) is 40.5 Å². The van der Waals surface area contributed by atoms with E-state index < -0.39 is 28.9 Å². The van der Waals surface area contributed by atoms with Crippen molar-refractivity contribution in [3.63, 3.8) is 0 Å². The Bertz CT molecular complexity index is 557. The van der Waals surface area contributed by atoms with E-state index in [9.17, 15) is 9.59 Å². The second-order valence-corrected chi connectivity index (χ2v) is 7.85. The Morgan fingerprint density at radius 1 is 1.48 bits per heavy atom. The van der Waals surface area contributed by atoms with Crippen molar-refractivity contribution in [2.45, 2.75) is 63.5 Å². The first kappa shape index (κ1) is 16.7. The molecule has 7 heteroatoms. The number of hydrogen-bond acceptors (Lipinski definition) is 6. The Hall–Kier alpha value is -1.18. The third kappa shape index (κ3) is 1.70. The highest BCUT2D eigenvalue weighted by Crippen LogP contribution is 2.68. The van der Waals surface area contributed by atoms with Crippen molar-refractivity contribution >= 4 is 11.9 Å². The van der Waals surface area contributed by atoms with Crippen LogP contribution in [-0.4, -0.2) is 65.2 Å². The molecule has 3 heterocycles. The van der Waals surface area contributed by atoms with Gasteiger partial charge in [0.1, 0.15) is 11.8 Å². The third-order valence-corrected chi connectivity index (χ3v) is 5.51. The Labute approximate surface area is 135 Å². The van der Waals surface area contributed by atoms with E-state index >= 15 is 0 Å². The molecule has 0 radical (unpaired) electrons. The number of rotatable bonds is 4. The fourth-order valence-corrected chi connectivity index (χ4v) is 4.26. The van der Waals surface area contributed by atoms with Crippen molar-refractivity contribution in [1.82, 2.24) is 4.90 Å². The molecule has 7 nitrogen and oxygen atoms in total. The smallest absolute Gasteiger partial charge is 0.337 e. The lowest BCUT2D eigenvalue weighted by molar-refractivity contribution is -0.168. The SMILES string of the molecule is COC(=O)[C@@]12CO[C@@H](C(C)(C)C)N1C(=O)[C@@]1(CCCO)O[C@@]21C. The summed E-state index contributed by atoms with van der Waals surface area (Å²) in [7, 11) is 1.31. The van der Waals surface area contributed by atoms with E-state index in [-0.39, 0.29) is 24.5 Å². The number of nitrogens with zero attached hydrogens (tertiary/aromatic N) is 1. The molecule has 0 unspecified atom stereocenters. The molecular weight excluding hydrogens is 302 g/mol. The number of methoxy groups -OCH3 is 1. The van der Waals surface area contributed by atoms with Crippen LogP contribution in [0.25, 0.3) is 0 Å². The number of carbonyl (C=O) groups is 2. The quantitative estimate of drug-likeness (QED) is 0.595. The van der Waals surface area contributed by atoms with Crippen LogP contribution in [0.3, 0.4) is 0 Å². The van der Waals surface area contributed by atoms with Crippen molar-refractivity contribution in [3.8, 4) is 0 Å². The van der Waals surface area contributed by atoms with E-state index in [1.165, 1.54) is 7.11 Å². The zero-order valence-electron chi connectivity index (χ0n) is 14.3. The monoisotopic (exact) mass is 327 g/mol. The van der Waals surface area contributed by atoms with Gasteiger partial charge in [-0.05, 0) is 19.8 Å². The van der Waals surface area contributed by atoms with Crippen LogP contribution < -0.4 is 0 Å². The summed E-state index contributed by atoms with van der Waals surface area (Å²) in [4.78, 5) is 27.4. The van der Waals surface area contributed by atoms with E-state index in [1.807, 2.05) is 20.8 Å². The lowest BCUT2D eigenvalue weighted by atomic mass is 9.79.